The average Bonchev–Trinajstić information content (AvgIpc) is 2.39. The molecule has 0 aromatic heterocycles. The number of esters is 1. The van der Waals surface area contributed by atoms with Gasteiger partial charge in [0.05, 0.1) is 13.0 Å². The molecule has 0 aromatic rings. The van der Waals surface area contributed by atoms with Gasteiger partial charge in [0.25, 0.3) is 0 Å². The van der Waals surface area contributed by atoms with Gasteiger partial charge in [0.1, 0.15) is 0 Å². The van der Waals surface area contributed by atoms with E-state index in [-0.39, 0.29) is 17.4 Å². The summed E-state index contributed by atoms with van der Waals surface area (Å²) in [6.45, 7) is 0. The highest BCUT2D eigenvalue weighted by Crippen LogP contribution is 2.54. The molecule has 62 valence electrons. The molecule has 3 saturated carbocycles. The normalized spacial score (nSPS) is 46.7. The van der Waals surface area contributed by atoms with Crippen molar-refractivity contribution in [1.29, 1.82) is 0 Å². The van der Waals surface area contributed by atoms with Crippen molar-refractivity contribution in [2.75, 3.05) is 7.11 Å². The molecule has 0 saturated heterocycles. The molecular formula is C8H13NO2. The first-order chi connectivity index (χ1) is 5.14. The summed E-state index contributed by atoms with van der Waals surface area (Å²) in [6.07, 6.45) is 2.88. The second kappa shape index (κ2) is 1.97. The topological polar surface area (TPSA) is 52.3 Å². The Bertz CT molecular complexity index is 196. The summed E-state index contributed by atoms with van der Waals surface area (Å²) >= 11 is 0. The quantitative estimate of drug-likeness (QED) is 0.553. The Morgan fingerprint density at radius 2 is 2.18 bits per heavy atom. The Morgan fingerprint density at radius 1 is 1.55 bits per heavy atom. The molecular weight excluding hydrogens is 142 g/mol. The van der Waals surface area contributed by atoms with Crippen LogP contribution in [0.15, 0.2) is 0 Å². The van der Waals surface area contributed by atoms with Crippen LogP contribution < -0.4 is 5.73 Å². The molecule has 0 aliphatic heterocycles. The Balaban J connectivity index is 2.05. The van der Waals surface area contributed by atoms with Gasteiger partial charge >= 0.3 is 5.97 Å². The van der Waals surface area contributed by atoms with Crippen LogP contribution in [0, 0.1) is 11.8 Å². The fraction of sp³-hybridized carbons (Fsp3) is 0.875. The fourth-order valence-electron chi connectivity index (χ4n) is 2.47. The molecule has 3 aliphatic rings. The number of fused-ring (bicyclic) bond motifs is 1. The zero-order valence-electron chi connectivity index (χ0n) is 6.67. The van der Waals surface area contributed by atoms with Crippen LogP contribution in [-0.2, 0) is 9.53 Å². The highest BCUT2D eigenvalue weighted by molar-refractivity contribution is 5.74. The minimum Gasteiger partial charge on any atom is -0.469 e. The maximum Gasteiger partial charge on any atom is 0.309 e. The van der Waals surface area contributed by atoms with Crippen LogP contribution in [-0.4, -0.2) is 18.6 Å². The van der Waals surface area contributed by atoms with E-state index in [1.165, 1.54) is 7.11 Å². The van der Waals surface area contributed by atoms with E-state index in [4.69, 9.17) is 5.73 Å². The molecule has 3 heteroatoms. The van der Waals surface area contributed by atoms with E-state index in [0.29, 0.717) is 5.92 Å². The third kappa shape index (κ3) is 0.872. The lowest BCUT2D eigenvalue weighted by molar-refractivity contribution is -0.146. The van der Waals surface area contributed by atoms with Crippen molar-refractivity contribution in [3.63, 3.8) is 0 Å². The van der Waals surface area contributed by atoms with Crippen LogP contribution in [0.1, 0.15) is 19.3 Å². The lowest BCUT2D eigenvalue weighted by Gasteiger charge is -2.34. The first-order valence-electron chi connectivity index (χ1n) is 4.01. The molecule has 3 aliphatic carbocycles. The number of carbonyl (C=O) groups is 1. The summed E-state index contributed by atoms with van der Waals surface area (Å²) in [5.74, 6) is 0.553. The predicted octanol–water partition coefficient (Wildman–Crippen LogP) is 0.287. The van der Waals surface area contributed by atoms with Gasteiger partial charge < -0.3 is 10.5 Å². The van der Waals surface area contributed by atoms with Gasteiger partial charge in [-0.1, -0.05) is 0 Å². The Hall–Kier alpha value is -0.570. The van der Waals surface area contributed by atoms with Crippen LogP contribution in [0.2, 0.25) is 0 Å². The number of hydrogen-bond donors (Lipinski definition) is 1. The maximum absolute atomic E-state index is 11.1. The van der Waals surface area contributed by atoms with E-state index >= 15 is 0 Å². The Kier molecular flexibility index (Phi) is 1.27. The third-order valence-electron chi connectivity index (χ3n) is 3.04. The molecule has 3 nitrogen and oxygen atoms in total. The fourth-order valence-corrected chi connectivity index (χ4v) is 2.47. The Morgan fingerprint density at radius 3 is 2.55 bits per heavy atom. The molecule has 0 aromatic carbocycles. The van der Waals surface area contributed by atoms with E-state index < -0.39 is 0 Å². The van der Waals surface area contributed by atoms with Gasteiger partial charge in [0.15, 0.2) is 0 Å². The number of ether oxygens (including phenoxy) is 1. The molecule has 0 amide bonds. The lowest BCUT2D eigenvalue weighted by Crippen LogP contribution is -2.44. The van der Waals surface area contributed by atoms with Crippen LogP contribution in [0.5, 0.6) is 0 Å². The number of carbonyl (C=O) groups excluding carboxylic acids is 1. The molecule has 2 N–H and O–H groups in total. The molecule has 1 unspecified atom stereocenters. The maximum atomic E-state index is 11.1. The largest absolute Gasteiger partial charge is 0.469 e. The van der Waals surface area contributed by atoms with E-state index in [1.807, 2.05) is 0 Å². The average molecular weight is 155 g/mol. The Labute approximate surface area is 65.9 Å². The predicted molar refractivity (Wildman–Crippen MR) is 39.8 cm³/mol. The van der Waals surface area contributed by atoms with Crippen molar-refractivity contribution in [2.45, 2.75) is 24.8 Å². The summed E-state index contributed by atoms with van der Waals surface area (Å²) in [6, 6.07) is 0. The highest BCUT2D eigenvalue weighted by Gasteiger charge is 2.56. The van der Waals surface area contributed by atoms with Crippen LogP contribution in [0.3, 0.4) is 0 Å². The zero-order chi connectivity index (χ0) is 8.06. The van der Waals surface area contributed by atoms with Crippen molar-refractivity contribution in [2.24, 2.45) is 17.6 Å². The highest BCUT2D eigenvalue weighted by atomic mass is 16.5. The summed E-state index contributed by atoms with van der Waals surface area (Å²) in [5.41, 5.74) is 5.91. The number of nitrogens with two attached hydrogens (primary N) is 1. The number of rotatable bonds is 1. The van der Waals surface area contributed by atoms with E-state index in [2.05, 4.69) is 4.74 Å². The molecule has 1 atom stereocenters. The van der Waals surface area contributed by atoms with Crippen LogP contribution in [0.25, 0.3) is 0 Å². The van der Waals surface area contributed by atoms with E-state index in [1.54, 1.807) is 0 Å². The van der Waals surface area contributed by atoms with Crippen LogP contribution >= 0.6 is 0 Å². The van der Waals surface area contributed by atoms with E-state index in [0.717, 1.165) is 19.3 Å². The standard InChI is InChI=1S/C8H13NO2/c1-11-7(10)6-4-8(9)2-5(6)3-8/h5-6H,2-4,9H2,1H3. The van der Waals surface area contributed by atoms with Gasteiger partial charge in [-0.3, -0.25) is 4.79 Å². The van der Waals surface area contributed by atoms with Crippen molar-refractivity contribution < 1.29 is 9.53 Å². The monoisotopic (exact) mass is 155 g/mol. The molecule has 3 fully saturated rings. The van der Waals surface area contributed by atoms with Gasteiger partial charge in [-0.2, -0.15) is 0 Å². The first-order valence-corrected chi connectivity index (χ1v) is 4.01. The molecule has 0 radical (unpaired) electrons. The first kappa shape index (κ1) is 7.10. The second-order valence-corrected chi connectivity index (χ2v) is 3.86. The van der Waals surface area contributed by atoms with Gasteiger partial charge in [-0.05, 0) is 25.2 Å². The molecule has 11 heavy (non-hydrogen) atoms. The van der Waals surface area contributed by atoms with Crippen molar-refractivity contribution in [1.82, 2.24) is 0 Å². The van der Waals surface area contributed by atoms with Gasteiger partial charge in [0.2, 0.25) is 0 Å². The SMILES string of the molecule is COC(=O)C1CC2(N)CC1C2. The number of hydrogen-bond acceptors (Lipinski definition) is 3. The zero-order valence-corrected chi connectivity index (χ0v) is 6.67. The molecule has 3 rings (SSSR count). The molecule has 2 bridgehead atoms. The van der Waals surface area contributed by atoms with E-state index in [9.17, 15) is 4.79 Å². The van der Waals surface area contributed by atoms with Crippen molar-refractivity contribution >= 4 is 5.97 Å². The molecule has 0 spiro atoms. The lowest BCUT2D eigenvalue weighted by atomic mass is 9.77. The van der Waals surface area contributed by atoms with Gasteiger partial charge in [-0.15, -0.1) is 0 Å². The van der Waals surface area contributed by atoms with Crippen LogP contribution in [0.4, 0.5) is 0 Å². The second-order valence-electron chi connectivity index (χ2n) is 3.86. The summed E-state index contributed by atoms with van der Waals surface area (Å²) < 4.78 is 4.68. The van der Waals surface area contributed by atoms with Gasteiger partial charge in [0, 0.05) is 5.54 Å². The van der Waals surface area contributed by atoms with Crippen molar-refractivity contribution in [3.8, 4) is 0 Å². The number of methoxy groups -OCH3 is 1. The third-order valence-corrected chi connectivity index (χ3v) is 3.04. The summed E-state index contributed by atoms with van der Waals surface area (Å²) in [7, 11) is 1.45. The minimum absolute atomic E-state index is 0.0104. The minimum atomic E-state index is -0.0696. The summed E-state index contributed by atoms with van der Waals surface area (Å²) in [4.78, 5) is 11.1. The summed E-state index contributed by atoms with van der Waals surface area (Å²) in [5, 5.41) is 0. The molecule has 0 heterocycles. The van der Waals surface area contributed by atoms with Crippen molar-refractivity contribution in [3.05, 3.63) is 0 Å². The smallest absolute Gasteiger partial charge is 0.309 e. The van der Waals surface area contributed by atoms with Gasteiger partial charge in [-0.25, -0.2) is 0 Å².